The lowest BCUT2D eigenvalue weighted by molar-refractivity contribution is 0.0737. The largest absolute Gasteiger partial charge is 0.333 e. The molecule has 1 N–H and O–H groups in total. The van der Waals surface area contributed by atoms with Crippen LogP contribution in [0.4, 0.5) is 0 Å². The number of aromatic amines is 1. The number of nitrogens with zero attached hydrogens (tertiary/aromatic N) is 2. The van der Waals surface area contributed by atoms with Crippen molar-refractivity contribution in [1.29, 1.82) is 0 Å². The van der Waals surface area contributed by atoms with E-state index in [0.29, 0.717) is 0 Å². The molecule has 0 saturated heterocycles. The zero-order valence-electron chi connectivity index (χ0n) is 10.1. The molecule has 2 aromatic rings. The second-order valence-corrected chi connectivity index (χ2v) is 4.89. The SMILES string of the molecule is CC(c1cccs1)N(C)C(=O)c1ccc(=O)[nH]n1. The third kappa shape index (κ3) is 2.48. The van der Waals surface area contributed by atoms with Crippen LogP contribution in [-0.4, -0.2) is 28.1 Å². The molecule has 0 spiro atoms. The van der Waals surface area contributed by atoms with Gasteiger partial charge in [-0.05, 0) is 24.4 Å². The number of rotatable bonds is 3. The Morgan fingerprint density at radius 1 is 1.44 bits per heavy atom. The van der Waals surface area contributed by atoms with Crippen molar-refractivity contribution in [2.75, 3.05) is 7.05 Å². The van der Waals surface area contributed by atoms with Gasteiger partial charge in [0.25, 0.3) is 11.5 Å². The average Bonchev–Trinajstić information content (AvgIpc) is 2.91. The molecule has 0 saturated carbocycles. The van der Waals surface area contributed by atoms with Gasteiger partial charge >= 0.3 is 0 Å². The van der Waals surface area contributed by atoms with Gasteiger partial charge in [0.05, 0.1) is 6.04 Å². The van der Waals surface area contributed by atoms with Gasteiger partial charge in [-0.15, -0.1) is 11.3 Å². The number of thiophene rings is 1. The molecule has 5 nitrogen and oxygen atoms in total. The number of nitrogens with one attached hydrogen (secondary N) is 1. The summed E-state index contributed by atoms with van der Waals surface area (Å²) >= 11 is 1.60. The predicted octanol–water partition coefficient (Wildman–Crippen LogP) is 1.66. The van der Waals surface area contributed by atoms with E-state index in [9.17, 15) is 9.59 Å². The zero-order chi connectivity index (χ0) is 13.1. The third-order valence-corrected chi connectivity index (χ3v) is 3.80. The van der Waals surface area contributed by atoms with Crippen LogP contribution in [-0.2, 0) is 0 Å². The minimum atomic E-state index is -0.319. The Labute approximate surface area is 108 Å². The van der Waals surface area contributed by atoms with Crippen LogP contribution in [0.3, 0.4) is 0 Å². The highest BCUT2D eigenvalue weighted by Gasteiger charge is 2.20. The van der Waals surface area contributed by atoms with Crippen LogP contribution in [0, 0.1) is 0 Å². The maximum absolute atomic E-state index is 12.1. The Morgan fingerprint density at radius 3 is 2.78 bits per heavy atom. The molecule has 0 aliphatic rings. The van der Waals surface area contributed by atoms with E-state index in [1.165, 1.54) is 12.1 Å². The van der Waals surface area contributed by atoms with Gasteiger partial charge in [-0.3, -0.25) is 9.59 Å². The first-order valence-corrected chi connectivity index (χ1v) is 6.34. The molecule has 2 heterocycles. The summed E-state index contributed by atoms with van der Waals surface area (Å²) in [5, 5.41) is 7.97. The molecule has 94 valence electrons. The maximum atomic E-state index is 12.1. The summed E-state index contributed by atoms with van der Waals surface area (Å²) in [7, 11) is 1.72. The van der Waals surface area contributed by atoms with Gasteiger partial charge in [0.2, 0.25) is 0 Å². The van der Waals surface area contributed by atoms with Gasteiger partial charge in [-0.1, -0.05) is 6.07 Å². The van der Waals surface area contributed by atoms with E-state index < -0.39 is 0 Å². The van der Waals surface area contributed by atoms with Crippen LogP contribution < -0.4 is 5.56 Å². The van der Waals surface area contributed by atoms with Gasteiger partial charge in [-0.2, -0.15) is 5.10 Å². The highest BCUT2D eigenvalue weighted by Crippen LogP contribution is 2.24. The molecule has 18 heavy (non-hydrogen) atoms. The smallest absolute Gasteiger partial charge is 0.274 e. The molecule has 1 atom stereocenters. The average molecular weight is 263 g/mol. The summed E-state index contributed by atoms with van der Waals surface area (Å²) in [5.41, 5.74) is -0.0824. The highest BCUT2D eigenvalue weighted by molar-refractivity contribution is 7.10. The second-order valence-electron chi connectivity index (χ2n) is 3.91. The Kier molecular flexibility index (Phi) is 3.57. The van der Waals surface area contributed by atoms with Crippen molar-refractivity contribution in [3.05, 3.63) is 50.6 Å². The Balaban J connectivity index is 2.18. The van der Waals surface area contributed by atoms with Gasteiger partial charge in [0.15, 0.2) is 0 Å². The number of H-pyrrole nitrogens is 1. The van der Waals surface area contributed by atoms with Crippen LogP contribution in [0.15, 0.2) is 34.4 Å². The van der Waals surface area contributed by atoms with Gasteiger partial charge in [0.1, 0.15) is 5.69 Å². The summed E-state index contributed by atoms with van der Waals surface area (Å²) in [6.45, 7) is 1.95. The van der Waals surface area contributed by atoms with Crippen molar-refractivity contribution in [2.45, 2.75) is 13.0 Å². The summed E-state index contributed by atoms with van der Waals surface area (Å²) in [4.78, 5) is 25.7. The first kappa shape index (κ1) is 12.5. The fraction of sp³-hybridized carbons (Fsp3) is 0.250. The molecule has 1 amide bonds. The monoisotopic (exact) mass is 263 g/mol. The first-order chi connectivity index (χ1) is 8.59. The fourth-order valence-corrected chi connectivity index (χ4v) is 2.37. The molecular formula is C12H13N3O2S. The van der Waals surface area contributed by atoms with Gasteiger partial charge in [-0.25, -0.2) is 5.10 Å². The summed E-state index contributed by atoms with van der Waals surface area (Å²) < 4.78 is 0. The molecule has 6 heteroatoms. The van der Waals surface area contributed by atoms with E-state index in [-0.39, 0.29) is 23.2 Å². The Hall–Kier alpha value is -1.95. The second kappa shape index (κ2) is 5.14. The van der Waals surface area contributed by atoms with Crippen LogP contribution in [0.25, 0.3) is 0 Å². The van der Waals surface area contributed by atoms with Crippen molar-refractivity contribution >= 4 is 17.2 Å². The summed E-state index contributed by atoms with van der Waals surface area (Å²) in [6.07, 6.45) is 0. The minimum Gasteiger partial charge on any atom is -0.333 e. The number of carbonyl (C=O) groups excluding carboxylic acids is 1. The molecule has 0 fully saturated rings. The van der Waals surface area contributed by atoms with Gasteiger partial charge < -0.3 is 4.90 Å². The molecule has 0 aromatic carbocycles. The van der Waals surface area contributed by atoms with E-state index in [4.69, 9.17) is 0 Å². The minimum absolute atomic E-state index is 0.0220. The van der Waals surface area contributed by atoms with Crippen LogP contribution in [0.2, 0.25) is 0 Å². The molecule has 0 aliphatic carbocycles. The number of carbonyl (C=O) groups is 1. The fourth-order valence-electron chi connectivity index (χ4n) is 1.54. The lowest BCUT2D eigenvalue weighted by Gasteiger charge is -2.23. The highest BCUT2D eigenvalue weighted by atomic mass is 32.1. The lowest BCUT2D eigenvalue weighted by atomic mass is 10.2. The quantitative estimate of drug-likeness (QED) is 0.916. The summed E-state index contributed by atoms with van der Waals surface area (Å²) in [5.74, 6) is -0.216. The third-order valence-electron chi connectivity index (χ3n) is 2.75. The number of hydrogen-bond acceptors (Lipinski definition) is 4. The normalized spacial score (nSPS) is 12.1. The summed E-state index contributed by atoms with van der Waals surface area (Å²) in [6, 6.07) is 6.64. The molecule has 2 rings (SSSR count). The molecule has 0 bridgehead atoms. The predicted molar refractivity (Wildman–Crippen MR) is 69.7 cm³/mol. The van der Waals surface area contributed by atoms with Crippen LogP contribution in [0.5, 0.6) is 0 Å². The Bertz CT molecular complexity index is 571. The van der Waals surface area contributed by atoms with Crippen LogP contribution >= 0.6 is 11.3 Å². The van der Waals surface area contributed by atoms with E-state index in [1.807, 2.05) is 24.4 Å². The number of amides is 1. The van der Waals surface area contributed by atoms with Crippen LogP contribution in [0.1, 0.15) is 28.3 Å². The number of aromatic nitrogens is 2. The van der Waals surface area contributed by atoms with Gasteiger partial charge in [0, 0.05) is 18.0 Å². The van der Waals surface area contributed by atoms with Crippen molar-refractivity contribution in [2.24, 2.45) is 0 Å². The number of hydrogen-bond donors (Lipinski definition) is 1. The standard InChI is InChI=1S/C12H13N3O2S/c1-8(10-4-3-7-18-10)15(2)12(17)9-5-6-11(16)14-13-9/h3-8H,1-2H3,(H,14,16). The molecule has 0 aliphatic heterocycles. The van der Waals surface area contributed by atoms with E-state index in [1.54, 1.807) is 23.3 Å². The van der Waals surface area contributed by atoms with Crippen molar-refractivity contribution in [3.8, 4) is 0 Å². The van der Waals surface area contributed by atoms with Crippen molar-refractivity contribution in [3.63, 3.8) is 0 Å². The Morgan fingerprint density at radius 2 is 2.22 bits per heavy atom. The molecule has 1 unspecified atom stereocenters. The van der Waals surface area contributed by atoms with E-state index in [2.05, 4.69) is 10.2 Å². The molecular weight excluding hydrogens is 250 g/mol. The van der Waals surface area contributed by atoms with Crippen molar-refractivity contribution in [1.82, 2.24) is 15.1 Å². The zero-order valence-corrected chi connectivity index (χ0v) is 10.9. The first-order valence-electron chi connectivity index (χ1n) is 5.46. The topological polar surface area (TPSA) is 66.1 Å². The van der Waals surface area contributed by atoms with E-state index >= 15 is 0 Å². The van der Waals surface area contributed by atoms with Crippen molar-refractivity contribution < 1.29 is 4.79 Å². The lowest BCUT2D eigenvalue weighted by Crippen LogP contribution is -2.30. The molecule has 2 aromatic heterocycles. The molecule has 0 radical (unpaired) electrons. The van der Waals surface area contributed by atoms with E-state index in [0.717, 1.165) is 4.88 Å². The maximum Gasteiger partial charge on any atom is 0.274 e.